The zero-order valence-corrected chi connectivity index (χ0v) is 22.6. The molecule has 0 unspecified atom stereocenters. The summed E-state index contributed by atoms with van der Waals surface area (Å²) in [6.07, 6.45) is 22.2. The van der Waals surface area contributed by atoms with Crippen LogP contribution in [0.15, 0.2) is 66.7 Å². The number of unbranched alkanes of at least 4 members (excludes halogenated alkanes) is 7. The predicted octanol–water partition coefficient (Wildman–Crippen LogP) is 9.13. The van der Waals surface area contributed by atoms with E-state index in [1.54, 1.807) is 36.4 Å². The maximum Gasteiger partial charge on any atom is 0.335 e. The number of ether oxygens (including phenoxy) is 1. The number of nitrogens with one attached hydrogen (secondary N) is 1. The second-order valence-electron chi connectivity index (χ2n) is 10.5. The Balaban J connectivity index is 1.27. The molecule has 4 heteroatoms. The molecule has 1 fully saturated rings. The molecular formula is C33H45NO3. The molecule has 0 aliphatic heterocycles. The second kappa shape index (κ2) is 16.8. The predicted molar refractivity (Wildman–Crippen MR) is 153 cm³/mol. The van der Waals surface area contributed by atoms with E-state index in [-0.39, 0.29) is 11.9 Å². The summed E-state index contributed by atoms with van der Waals surface area (Å²) >= 11 is 0. The van der Waals surface area contributed by atoms with Gasteiger partial charge in [0.2, 0.25) is 0 Å². The van der Waals surface area contributed by atoms with Crippen LogP contribution in [0.1, 0.15) is 107 Å². The molecule has 1 amide bonds. The number of allylic oxidation sites excluding steroid dienone is 1. The van der Waals surface area contributed by atoms with Crippen molar-refractivity contribution >= 4 is 17.6 Å². The highest BCUT2D eigenvalue weighted by molar-refractivity contribution is 6.04. The fourth-order valence-corrected chi connectivity index (χ4v) is 5.46. The average molecular weight is 504 g/mol. The lowest BCUT2D eigenvalue weighted by Gasteiger charge is -2.19. The molecule has 0 spiro atoms. The van der Waals surface area contributed by atoms with Crippen LogP contribution in [-0.4, -0.2) is 11.9 Å². The molecule has 1 saturated carbocycles. The van der Waals surface area contributed by atoms with Gasteiger partial charge in [0.05, 0.1) is 0 Å². The number of amides is 1. The number of esters is 1. The normalized spacial score (nSPS) is 17.2. The number of hydrogen-bond donors (Lipinski definition) is 1. The summed E-state index contributed by atoms with van der Waals surface area (Å²) in [5, 5.41) is 2.84. The lowest BCUT2D eigenvalue weighted by atomic mass is 9.87. The van der Waals surface area contributed by atoms with E-state index in [0.717, 1.165) is 24.7 Å². The van der Waals surface area contributed by atoms with Gasteiger partial charge in [0.25, 0.3) is 5.91 Å². The van der Waals surface area contributed by atoms with Crippen molar-refractivity contribution in [2.75, 3.05) is 5.32 Å². The summed E-state index contributed by atoms with van der Waals surface area (Å²) < 4.78 is 5.39. The Hall–Kier alpha value is -2.88. The first-order valence-corrected chi connectivity index (χ1v) is 14.5. The second-order valence-corrected chi connectivity index (χ2v) is 10.5. The monoisotopic (exact) mass is 503 g/mol. The van der Waals surface area contributed by atoms with Crippen molar-refractivity contribution in [2.24, 2.45) is 11.8 Å². The van der Waals surface area contributed by atoms with Gasteiger partial charge in [0, 0.05) is 17.3 Å². The number of rotatable bonds is 16. The van der Waals surface area contributed by atoms with Gasteiger partial charge in [-0.15, -0.1) is 0 Å². The standard InChI is InChI=1S/C33H45NO3/c1-2-3-4-5-6-10-16-27-20-15-21-28(27)17-11-7-8-14-22-32(35)37-31-25-23-30(24-26-31)34-33(36)29-18-12-9-13-19-29/h9,12-14,18-19,22-28H,2-8,10-11,15-17,20-21H2,1H3,(H,34,36)/t27-,28-/m0/s1. The highest BCUT2D eigenvalue weighted by atomic mass is 16.5. The molecule has 200 valence electrons. The van der Waals surface area contributed by atoms with Crippen LogP contribution in [0.5, 0.6) is 5.75 Å². The highest BCUT2D eigenvalue weighted by Crippen LogP contribution is 2.38. The van der Waals surface area contributed by atoms with Gasteiger partial charge in [-0.3, -0.25) is 4.79 Å². The molecule has 1 aliphatic carbocycles. The van der Waals surface area contributed by atoms with E-state index >= 15 is 0 Å². The third-order valence-corrected chi connectivity index (χ3v) is 7.56. The van der Waals surface area contributed by atoms with Crippen molar-refractivity contribution in [1.29, 1.82) is 0 Å². The Morgan fingerprint density at radius 2 is 1.49 bits per heavy atom. The summed E-state index contributed by atoms with van der Waals surface area (Å²) in [5.41, 5.74) is 1.25. The van der Waals surface area contributed by atoms with Crippen LogP contribution >= 0.6 is 0 Å². The molecule has 1 aliphatic rings. The first kappa shape index (κ1) is 28.7. The van der Waals surface area contributed by atoms with E-state index < -0.39 is 0 Å². The van der Waals surface area contributed by atoms with Crippen LogP contribution in [-0.2, 0) is 4.79 Å². The molecule has 2 aromatic rings. The number of anilines is 1. The first-order chi connectivity index (χ1) is 18.2. The van der Waals surface area contributed by atoms with Gasteiger partial charge in [-0.2, -0.15) is 0 Å². The number of benzene rings is 2. The first-order valence-electron chi connectivity index (χ1n) is 14.5. The molecule has 3 rings (SSSR count). The average Bonchev–Trinajstić information content (AvgIpc) is 3.37. The van der Waals surface area contributed by atoms with E-state index in [4.69, 9.17) is 4.74 Å². The van der Waals surface area contributed by atoms with Crippen molar-refractivity contribution in [3.63, 3.8) is 0 Å². The van der Waals surface area contributed by atoms with E-state index in [1.807, 2.05) is 24.3 Å². The Labute approximate surface area is 223 Å². The molecule has 1 N–H and O–H groups in total. The summed E-state index contributed by atoms with van der Waals surface area (Å²) in [7, 11) is 0. The lowest BCUT2D eigenvalue weighted by molar-refractivity contribution is -0.129. The Morgan fingerprint density at radius 3 is 2.19 bits per heavy atom. The van der Waals surface area contributed by atoms with Crippen LogP contribution in [0.4, 0.5) is 5.69 Å². The fourth-order valence-electron chi connectivity index (χ4n) is 5.46. The van der Waals surface area contributed by atoms with E-state index in [9.17, 15) is 9.59 Å². The largest absolute Gasteiger partial charge is 0.423 e. The summed E-state index contributed by atoms with van der Waals surface area (Å²) in [4.78, 5) is 24.4. The molecule has 37 heavy (non-hydrogen) atoms. The fraction of sp³-hybridized carbons (Fsp3) is 0.515. The van der Waals surface area contributed by atoms with Crippen LogP contribution in [0.3, 0.4) is 0 Å². The van der Waals surface area contributed by atoms with E-state index in [1.165, 1.54) is 83.1 Å². The van der Waals surface area contributed by atoms with Crippen molar-refractivity contribution < 1.29 is 14.3 Å². The Morgan fingerprint density at radius 1 is 0.838 bits per heavy atom. The van der Waals surface area contributed by atoms with E-state index in [2.05, 4.69) is 12.2 Å². The SMILES string of the molecule is CCCCCCCC[C@H]1CCC[C@@H]1CCCCC=CC(=O)Oc1ccc(NC(=O)c2ccccc2)cc1. The maximum absolute atomic E-state index is 12.2. The minimum Gasteiger partial charge on any atom is -0.423 e. The van der Waals surface area contributed by atoms with E-state index in [0.29, 0.717) is 17.0 Å². The Kier molecular flexibility index (Phi) is 13.0. The Bertz CT molecular complexity index is 951. The summed E-state index contributed by atoms with van der Waals surface area (Å²) in [6, 6.07) is 15.9. The van der Waals surface area contributed by atoms with Gasteiger partial charge < -0.3 is 10.1 Å². The number of carbonyl (C=O) groups excluding carboxylic acids is 2. The van der Waals surface area contributed by atoms with Crippen molar-refractivity contribution in [2.45, 2.75) is 96.8 Å². The van der Waals surface area contributed by atoms with Gasteiger partial charge >= 0.3 is 5.97 Å². The van der Waals surface area contributed by atoms with Crippen molar-refractivity contribution in [1.82, 2.24) is 0 Å². The minimum absolute atomic E-state index is 0.172. The highest BCUT2D eigenvalue weighted by Gasteiger charge is 2.25. The van der Waals surface area contributed by atoms with Gasteiger partial charge in [-0.05, 0) is 61.1 Å². The van der Waals surface area contributed by atoms with Gasteiger partial charge in [-0.25, -0.2) is 4.79 Å². The summed E-state index contributed by atoms with van der Waals surface area (Å²) in [5.74, 6) is 1.80. The van der Waals surface area contributed by atoms with Crippen molar-refractivity contribution in [3.8, 4) is 5.75 Å². The van der Waals surface area contributed by atoms with Crippen LogP contribution in [0, 0.1) is 11.8 Å². The van der Waals surface area contributed by atoms with Crippen LogP contribution < -0.4 is 10.1 Å². The summed E-state index contributed by atoms with van der Waals surface area (Å²) in [6.45, 7) is 2.28. The minimum atomic E-state index is -0.365. The number of carbonyl (C=O) groups is 2. The molecule has 0 aromatic heterocycles. The van der Waals surface area contributed by atoms with Gasteiger partial charge in [0.15, 0.2) is 0 Å². The molecule has 2 aromatic carbocycles. The molecular weight excluding hydrogens is 458 g/mol. The molecule has 0 heterocycles. The lowest BCUT2D eigenvalue weighted by Crippen LogP contribution is -2.11. The quantitative estimate of drug-likeness (QED) is 0.107. The van der Waals surface area contributed by atoms with Gasteiger partial charge in [-0.1, -0.05) is 108 Å². The zero-order chi connectivity index (χ0) is 26.1. The third kappa shape index (κ3) is 11.0. The van der Waals surface area contributed by atoms with Gasteiger partial charge in [0.1, 0.15) is 5.75 Å². The third-order valence-electron chi connectivity index (χ3n) is 7.56. The topological polar surface area (TPSA) is 55.4 Å². The van der Waals surface area contributed by atoms with Crippen molar-refractivity contribution in [3.05, 3.63) is 72.3 Å². The zero-order valence-electron chi connectivity index (χ0n) is 22.6. The molecule has 0 saturated heterocycles. The molecule has 2 atom stereocenters. The molecule has 0 radical (unpaired) electrons. The molecule has 4 nitrogen and oxygen atoms in total. The molecule has 0 bridgehead atoms. The number of hydrogen-bond acceptors (Lipinski definition) is 3. The van der Waals surface area contributed by atoms with Crippen LogP contribution in [0.2, 0.25) is 0 Å². The van der Waals surface area contributed by atoms with Crippen LogP contribution in [0.25, 0.3) is 0 Å². The maximum atomic E-state index is 12.2. The smallest absolute Gasteiger partial charge is 0.335 e.